The summed E-state index contributed by atoms with van der Waals surface area (Å²) in [6, 6.07) is 7.79. The predicted octanol–water partition coefficient (Wildman–Crippen LogP) is 2.80. The van der Waals surface area contributed by atoms with Crippen molar-refractivity contribution in [3.8, 4) is 0 Å². The fourth-order valence-corrected chi connectivity index (χ4v) is 2.28. The van der Waals surface area contributed by atoms with Crippen LogP contribution in [0.4, 0.5) is 10.3 Å². The Labute approximate surface area is 109 Å². The summed E-state index contributed by atoms with van der Waals surface area (Å²) in [5, 5.41) is 9.96. The van der Waals surface area contributed by atoms with Gasteiger partial charge in [0, 0.05) is 18.1 Å². The van der Waals surface area contributed by atoms with Gasteiger partial charge in [-0.3, -0.25) is 0 Å². The molecule has 0 aliphatic heterocycles. The van der Waals surface area contributed by atoms with Crippen LogP contribution in [0.1, 0.15) is 12.5 Å². The lowest BCUT2D eigenvalue weighted by Crippen LogP contribution is -2.21. The van der Waals surface area contributed by atoms with E-state index in [0.29, 0.717) is 5.13 Å². The average Bonchev–Trinajstić information content (AvgIpc) is 2.75. The molecule has 4 nitrogen and oxygen atoms in total. The van der Waals surface area contributed by atoms with Gasteiger partial charge in [0.2, 0.25) is 10.3 Å². The maximum absolute atomic E-state index is 5.85. The number of halogens is 1. The monoisotopic (exact) mass is 268 g/mol. The number of benzene rings is 1. The molecule has 2 rings (SSSR count). The molecule has 1 heterocycles. The first-order valence-electron chi connectivity index (χ1n) is 5.27. The summed E-state index contributed by atoms with van der Waals surface area (Å²) in [7, 11) is 0. The van der Waals surface area contributed by atoms with Crippen LogP contribution in [0.3, 0.4) is 0 Å². The number of aromatic nitrogens is 2. The Morgan fingerprint density at radius 2 is 2.00 bits per heavy atom. The molecule has 0 fully saturated rings. The van der Waals surface area contributed by atoms with E-state index in [1.54, 1.807) is 0 Å². The standard InChI is InChI=1S/C11H13ClN4S/c1-2-16(11-15-14-10(13)17-11)7-8-3-5-9(12)6-4-8/h3-6H,2,7H2,1H3,(H2,13,14). The second-order valence-corrected chi connectivity index (χ2v) is 4.99. The number of rotatable bonds is 4. The SMILES string of the molecule is CCN(Cc1ccc(Cl)cc1)c1nnc(N)s1. The Bertz CT molecular complexity index is 482. The maximum atomic E-state index is 5.85. The zero-order chi connectivity index (χ0) is 12.3. The lowest BCUT2D eigenvalue weighted by atomic mass is 10.2. The first-order valence-corrected chi connectivity index (χ1v) is 6.47. The van der Waals surface area contributed by atoms with Gasteiger partial charge in [-0.1, -0.05) is 35.1 Å². The van der Waals surface area contributed by atoms with Crippen LogP contribution in [0.2, 0.25) is 5.02 Å². The molecule has 2 N–H and O–H groups in total. The van der Waals surface area contributed by atoms with Gasteiger partial charge < -0.3 is 10.6 Å². The Balaban J connectivity index is 2.12. The summed E-state index contributed by atoms with van der Waals surface area (Å²) in [4.78, 5) is 2.12. The Morgan fingerprint density at radius 1 is 1.29 bits per heavy atom. The molecular weight excluding hydrogens is 256 g/mol. The normalized spacial score (nSPS) is 10.5. The van der Waals surface area contributed by atoms with Gasteiger partial charge in [-0.05, 0) is 24.6 Å². The van der Waals surface area contributed by atoms with E-state index in [1.807, 2.05) is 24.3 Å². The van der Waals surface area contributed by atoms with E-state index in [0.717, 1.165) is 23.2 Å². The molecule has 0 unspecified atom stereocenters. The van der Waals surface area contributed by atoms with Crippen LogP contribution in [-0.2, 0) is 6.54 Å². The van der Waals surface area contributed by atoms with E-state index < -0.39 is 0 Å². The summed E-state index contributed by atoms with van der Waals surface area (Å²) in [5.74, 6) is 0. The first-order chi connectivity index (χ1) is 8.19. The molecule has 90 valence electrons. The quantitative estimate of drug-likeness (QED) is 0.926. The van der Waals surface area contributed by atoms with Gasteiger partial charge in [0.15, 0.2) is 0 Å². The summed E-state index contributed by atoms with van der Waals surface area (Å²) in [6.45, 7) is 3.72. The number of nitrogen functional groups attached to an aromatic ring is 1. The van der Waals surface area contributed by atoms with Crippen molar-refractivity contribution in [3.63, 3.8) is 0 Å². The zero-order valence-corrected chi connectivity index (χ0v) is 11.0. The van der Waals surface area contributed by atoms with Crippen LogP contribution < -0.4 is 10.6 Å². The van der Waals surface area contributed by atoms with Crippen molar-refractivity contribution in [2.75, 3.05) is 17.2 Å². The Hall–Kier alpha value is -1.33. The molecule has 0 amide bonds. The second kappa shape index (κ2) is 5.33. The fraction of sp³-hybridized carbons (Fsp3) is 0.273. The largest absolute Gasteiger partial charge is 0.374 e. The molecule has 0 atom stereocenters. The number of nitrogens with zero attached hydrogens (tertiary/aromatic N) is 3. The van der Waals surface area contributed by atoms with Gasteiger partial charge in [-0.15, -0.1) is 10.2 Å². The molecule has 1 aromatic carbocycles. The van der Waals surface area contributed by atoms with Crippen LogP contribution in [0, 0.1) is 0 Å². The third-order valence-corrected chi connectivity index (χ3v) is 3.43. The lowest BCUT2D eigenvalue weighted by molar-refractivity contribution is 0.815. The van der Waals surface area contributed by atoms with E-state index in [1.165, 1.54) is 16.9 Å². The van der Waals surface area contributed by atoms with Gasteiger partial charge in [-0.25, -0.2) is 0 Å². The van der Waals surface area contributed by atoms with Crippen LogP contribution in [-0.4, -0.2) is 16.7 Å². The highest BCUT2D eigenvalue weighted by molar-refractivity contribution is 7.18. The fourth-order valence-electron chi connectivity index (χ4n) is 1.48. The molecule has 0 spiro atoms. The molecule has 0 bridgehead atoms. The summed E-state index contributed by atoms with van der Waals surface area (Å²) < 4.78 is 0. The minimum Gasteiger partial charge on any atom is -0.374 e. The van der Waals surface area contributed by atoms with Gasteiger partial charge in [0.25, 0.3) is 0 Å². The third kappa shape index (κ3) is 3.08. The number of hydrogen-bond donors (Lipinski definition) is 1. The maximum Gasteiger partial charge on any atom is 0.210 e. The molecule has 1 aromatic heterocycles. The predicted molar refractivity (Wildman–Crippen MR) is 72.5 cm³/mol. The molecule has 0 saturated carbocycles. The minimum atomic E-state index is 0.495. The van der Waals surface area contributed by atoms with Gasteiger partial charge in [-0.2, -0.15) is 0 Å². The van der Waals surface area contributed by atoms with Gasteiger partial charge in [0.1, 0.15) is 0 Å². The van der Waals surface area contributed by atoms with Crippen molar-refractivity contribution >= 4 is 33.2 Å². The van der Waals surface area contributed by atoms with Crippen LogP contribution in [0.25, 0.3) is 0 Å². The van der Waals surface area contributed by atoms with E-state index in [-0.39, 0.29) is 0 Å². The molecule has 17 heavy (non-hydrogen) atoms. The summed E-state index contributed by atoms with van der Waals surface area (Å²) in [6.07, 6.45) is 0. The minimum absolute atomic E-state index is 0.495. The second-order valence-electron chi connectivity index (χ2n) is 3.56. The van der Waals surface area contributed by atoms with Crippen molar-refractivity contribution in [3.05, 3.63) is 34.9 Å². The first kappa shape index (κ1) is 12.1. The topological polar surface area (TPSA) is 55.0 Å². The molecule has 2 aromatic rings. The number of hydrogen-bond acceptors (Lipinski definition) is 5. The smallest absolute Gasteiger partial charge is 0.210 e. The highest BCUT2D eigenvalue weighted by Crippen LogP contribution is 2.23. The summed E-state index contributed by atoms with van der Waals surface area (Å²) in [5.41, 5.74) is 6.77. The molecule has 0 aliphatic rings. The lowest BCUT2D eigenvalue weighted by Gasteiger charge is -2.18. The van der Waals surface area contributed by atoms with Crippen molar-refractivity contribution in [2.45, 2.75) is 13.5 Å². The van der Waals surface area contributed by atoms with E-state index in [4.69, 9.17) is 17.3 Å². The Morgan fingerprint density at radius 3 is 2.53 bits per heavy atom. The molecular formula is C11H13ClN4S. The van der Waals surface area contributed by atoms with Crippen molar-refractivity contribution < 1.29 is 0 Å². The number of anilines is 2. The van der Waals surface area contributed by atoms with E-state index in [9.17, 15) is 0 Å². The molecule has 0 aliphatic carbocycles. The third-order valence-electron chi connectivity index (χ3n) is 2.37. The summed E-state index contributed by atoms with van der Waals surface area (Å²) >= 11 is 7.25. The van der Waals surface area contributed by atoms with E-state index in [2.05, 4.69) is 22.0 Å². The highest BCUT2D eigenvalue weighted by atomic mass is 35.5. The average molecular weight is 269 g/mol. The highest BCUT2D eigenvalue weighted by Gasteiger charge is 2.10. The van der Waals surface area contributed by atoms with Crippen LogP contribution in [0.15, 0.2) is 24.3 Å². The van der Waals surface area contributed by atoms with Crippen LogP contribution in [0.5, 0.6) is 0 Å². The van der Waals surface area contributed by atoms with Crippen molar-refractivity contribution in [1.29, 1.82) is 0 Å². The number of nitrogens with two attached hydrogens (primary N) is 1. The van der Waals surface area contributed by atoms with E-state index >= 15 is 0 Å². The van der Waals surface area contributed by atoms with Gasteiger partial charge in [0.05, 0.1) is 0 Å². The van der Waals surface area contributed by atoms with Crippen molar-refractivity contribution in [2.24, 2.45) is 0 Å². The van der Waals surface area contributed by atoms with Crippen molar-refractivity contribution in [1.82, 2.24) is 10.2 Å². The zero-order valence-electron chi connectivity index (χ0n) is 9.43. The van der Waals surface area contributed by atoms with Crippen LogP contribution >= 0.6 is 22.9 Å². The van der Waals surface area contributed by atoms with Gasteiger partial charge >= 0.3 is 0 Å². The molecule has 0 saturated heterocycles. The molecule has 6 heteroatoms. The Kier molecular flexibility index (Phi) is 3.81. The molecule has 0 radical (unpaired) electrons.